The van der Waals surface area contributed by atoms with E-state index in [2.05, 4.69) is 15.9 Å². The Morgan fingerprint density at radius 2 is 2.10 bits per heavy atom. The molecule has 1 aromatic carbocycles. The lowest BCUT2D eigenvalue weighted by atomic mass is 9.95. The Morgan fingerprint density at radius 1 is 1.43 bits per heavy atom. The van der Waals surface area contributed by atoms with Crippen LogP contribution in [0.25, 0.3) is 0 Å². The van der Waals surface area contributed by atoms with Crippen LogP contribution in [0, 0.1) is 0 Å². The molecule has 0 bridgehead atoms. The normalized spacial score (nSPS) is 16.2. The highest BCUT2D eigenvalue weighted by molar-refractivity contribution is 9.10. The summed E-state index contributed by atoms with van der Waals surface area (Å²) in [5.41, 5.74) is -0.127. The molecule has 0 aliphatic carbocycles. The molecule has 21 heavy (non-hydrogen) atoms. The van der Waals surface area contributed by atoms with Gasteiger partial charge >= 0.3 is 5.97 Å². The summed E-state index contributed by atoms with van der Waals surface area (Å²) >= 11 is 3.33. The van der Waals surface area contributed by atoms with E-state index in [9.17, 15) is 9.59 Å². The van der Waals surface area contributed by atoms with Crippen molar-refractivity contribution in [3.8, 4) is 5.75 Å². The van der Waals surface area contributed by atoms with Crippen molar-refractivity contribution in [2.75, 3.05) is 26.8 Å². The zero-order chi connectivity index (χ0) is 15.6. The lowest BCUT2D eigenvalue weighted by molar-refractivity contribution is -0.159. The van der Waals surface area contributed by atoms with Gasteiger partial charge in [-0.05, 0) is 25.1 Å². The van der Waals surface area contributed by atoms with Gasteiger partial charge in [-0.15, -0.1) is 0 Å². The molecule has 1 saturated heterocycles. The van der Waals surface area contributed by atoms with E-state index in [-0.39, 0.29) is 12.5 Å². The van der Waals surface area contributed by atoms with E-state index >= 15 is 0 Å². The number of rotatable bonds is 5. The van der Waals surface area contributed by atoms with E-state index in [0.717, 1.165) is 4.47 Å². The van der Waals surface area contributed by atoms with Crippen LogP contribution in [0.3, 0.4) is 0 Å². The van der Waals surface area contributed by atoms with Crippen LogP contribution in [-0.4, -0.2) is 54.3 Å². The number of hydrogen-bond acceptors (Lipinski definition) is 4. The first-order valence-corrected chi connectivity index (χ1v) is 7.12. The molecule has 1 aromatic rings. The summed E-state index contributed by atoms with van der Waals surface area (Å²) in [6.45, 7) is 2.15. The molecule has 0 spiro atoms. The fourth-order valence-corrected chi connectivity index (χ4v) is 2.58. The van der Waals surface area contributed by atoms with Crippen molar-refractivity contribution in [3.05, 3.63) is 28.2 Å². The largest absolute Gasteiger partial charge is 0.496 e. The second-order valence-electron chi connectivity index (χ2n) is 5.14. The molecule has 0 unspecified atom stereocenters. The zero-order valence-corrected chi connectivity index (χ0v) is 13.3. The van der Waals surface area contributed by atoms with Crippen LogP contribution in [0.15, 0.2) is 22.7 Å². The highest BCUT2D eigenvalue weighted by Crippen LogP contribution is 2.30. The lowest BCUT2D eigenvalue weighted by Crippen LogP contribution is -2.63. The van der Waals surface area contributed by atoms with Crippen molar-refractivity contribution in [2.45, 2.75) is 12.5 Å². The van der Waals surface area contributed by atoms with E-state index in [1.807, 2.05) is 0 Å². The van der Waals surface area contributed by atoms with E-state index in [1.165, 1.54) is 7.11 Å². The molecule has 1 aliphatic rings. The predicted octanol–water partition coefficient (Wildman–Crippen LogP) is 1.77. The van der Waals surface area contributed by atoms with E-state index in [0.29, 0.717) is 24.4 Å². The molecular formula is C14H16BrNO5. The van der Waals surface area contributed by atoms with Crippen LogP contribution in [0.1, 0.15) is 17.3 Å². The van der Waals surface area contributed by atoms with Gasteiger partial charge in [-0.1, -0.05) is 15.9 Å². The summed E-state index contributed by atoms with van der Waals surface area (Å²) < 4.78 is 11.3. The summed E-state index contributed by atoms with van der Waals surface area (Å²) in [5, 5.41) is 8.62. The van der Waals surface area contributed by atoms with E-state index in [4.69, 9.17) is 14.6 Å². The topological polar surface area (TPSA) is 76.1 Å². The average Bonchev–Trinajstić information content (AvgIpc) is 2.41. The number of carbonyl (C=O) groups excluding carboxylic acids is 1. The van der Waals surface area contributed by atoms with Crippen molar-refractivity contribution in [2.24, 2.45) is 0 Å². The number of carboxylic acids is 1. The van der Waals surface area contributed by atoms with Crippen molar-refractivity contribution in [3.63, 3.8) is 0 Å². The maximum absolute atomic E-state index is 12.4. The third kappa shape index (κ3) is 3.54. The van der Waals surface area contributed by atoms with Gasteiger partial charge in [0.15, 0.2) is 0 Å². The Labute approximate surface area is 130 Å². The number of hydrogen-bond donors (Lipinski definition) is 1. The lowest BCUT2D eigenvalue weighted by Gasteiger charge is -2.47. The zero-order valence-electron chi connectivity index (χ0n) is 11.8. The maximum Gasteiger partial charge on any atom is 0.329 e. The van der Waals surface area contributed by atoms with Gasteiger partial charge in [0.1, 0.15) is 18.0 Å². The van der Waals surface area contributed by atoms with E-state index < -0.39 is 11.6 Å². The summed E-state index contributed by atoms with van der Waals surface area (Å²) in [6.07, 6.45) is 0. The summed E-state index contributed by atoms with van der Waals surface area (Å²) in [5.74, 6) is -0.680. The van der Waals surface area contributed by atoms with Gasteiger partial charge < -0.3 is 19.5 Å². The fourth-order valence-electron chi connectivity index (χ4n) is 2.24. The Morgan fingerprint density at radius 3 is 2.67 bits per heavy atom. The molecule has 1 heterocycles. The van der Waals surface area contributed by atoms with Crippen molar-refractivity contribution in [1.82, 2.24) is 4.90 Å². The van der Waals surface area contributed by atoms with E-state index in [1.54, 1.807) is 30.0 Å². The number of benzene rings is 1. The molecule has 6 nitrogen and oxygen atoms in total. The second-order valence-corrected chi connectivity index (χ2v) is 6.05. The number of carboxylic acid groups (broad SMARTS) is 1. The van der Waals surface area contributed by atoms with Crippen molar-refractivity contribution < 1.29 is 24.2 Å². The van der Waals surface area contributed by atoms with Gasteiger partial charge in [-0.3, -0.25) is 4.79 Å². The van der Waals surface area contributed by atoms with Gasteiger partial charge in [0.2, 0.25) is 0 Å². The number of aliphatic carboxylic acids is 1. The van der Waals surface area contributed by atoms with Gasteiger partial charge in [-0.25, -0.2) is 4.79 Å². The standard InChI is InChI=1S/C14H16BrNO5/c1-14(21-6-12(17)18)7-16(8-14)13(19)10-4-3-9(15)5-11(10)20-2/h3-5H,6-8H2,1-2H3,(H,17,18). The molecule has 0 aromatic heterocycles. The molecule has 0 saturated carbocycles. The van der Waals surface area contributed by atoms with Crippen molar-refractivity contribution >= 4 is 27.8 Å². The van der Waals surface area contributed by atoms with Gasteiger partial charge in [0, 0.05) is 4.47 Å². The van der Waals surface area contributed by atoms with Crippen LogP contribution in [-0.2, 0) is 9.53 Å². The Balaban J connectivity index is 2.02. The third-order valence-corrected chi connectivity index (χ3v) is 3.77. The Kier molecular flexibility index (Phi) is 4.53. The van der Waals surface area contributed by atoms with Crippen LogP contribution < -0.4 is 4.74 Å². The van der Waals surface area contributed by atoms with Crippen LogP contribution in [0.2, 0.25) is 0 Å². The minimum absolute atomic E-state index is 0.157. The second kappa shape index (κ2) is 6.03. The molecule has 1 amide bonds. The smallest absolute Gasteiger partial charge is 0.329 e. The number of ether oxygens (including phenoxy) is 2. The average molecular weight is 358 g/mol. The van der Waals surface area contributed by atoms with Gasteiger partial charge in [0.05, 0.1) is 25.8 Å². The monoisotopic (exact) mass is 357 g/mol. The first kappa shape index (κ1) is 15.8. The summed E-state index contributed by atoms with van der Waals surface area (Å²) in [4.78, 5) is 24.5. The predicted molar refractivity (Wildman–Crippen MR) is 78.6 cm³/mol. The van der Waals surface area contributed by atoms with Crippen LogP contribution in [0.4, 0.5) is 0 Å². The fraction of sp³-hybridized carbons (Fsp3) is 0.429. The molecule has 0 radical (unpaired) electrons. The minimum atomic E-state index is -1.02. The highest BCUT2D eigenvalue weighted by atomic mass is 79.9. The molecule has 2 rings (SSSR count). The van der Waals surface area contributed by atoms with Crippen molar-refractivity contribution in [1.29, 1.82) is 0 Å². The van der Waals surface area contributed by atoms with Gasteiger partial charge in [-0.2, -0.15) is 0 Å². The molecular weight excluding hydrogens is 342 g/mol. The summed E-state index contributed by atoms with van der Waals surface area (Å²) in [6, 6.07) is 5.20. The molecule has 7 heteroatoms. The maximum atomic E-state index is 12.4. The first-order valence-electron chi connectivity index (χ1n) is 6.33. The minimum Gasteiger partial charge on any atom is -0.496 e. The molecule has 0 atom stereocenters. The molecule has 1 fully saturated rings. The molecule has 1 aliphatic heterocycles. The first-order chi connectivity index (χ1) is 9.84. The Hall–Kier alpha value is -1.60. The Bertz CT molecular complexity index is 568. The van der Waals surface area contributed by atoms with Crippen LogP contribution in [0.5, 0.6) is 5.75 Å². The third-order valence-electron chi connectivity index (χ3n) is 3.28. The van der Waals surface area contributed by atoms with Crippen LogP contribution >= 0.6 is 15.9 Å². The number of halogens is 1. The SMILES string of the molecule is COc1cc(Br)ccc1C(=O)N1CC(C)(OCC(=O)O)C1. The number of carbonyl (C=O) groups is 2. The highest BCUT2D eigenvalue weighted by Gasteiger charge is 2.43. The molecule has 114 valence electrons. The number of nitrogens with zero attached hydrogens (tertiary/aromatic N) is 1. The summed E-state index contributed by atoms with van der Waals surface area (Å²) in [7, 11) is 1.51. The molecule has 1 N–H and O–H groups in total. The number of amides is 1. The quantitative estimate of drug-likeness (QED) is 0.868. The number of likely N-dealkylation sites (tertiary alicyclic amines) is 1. The van der Waals surface area contributed by atoms with Gasteiger partial charge in [0.25, 0.3) is 5.91 Å². The number of methoxy groups -OCH3 is 1.